The van der Waals surface area contributed by atoms with Crippen molar-refractivity contribution in [2.24, 2.45) is 0 Å². The molecule has 2 aliphatic rings. The summed E-state index contributed by atoms with van der Waals surface area (Å²) < 4.78 is 11.2. The fourth-order valence-corrected chi connectivity index (χ4v) is 4.63. The monoisotopic (exact) mass is 431 g/mol. The van der Waals surface area contributed by atoms with Crippen molar-refractivity contribution in [3.63, 3.8) is 0 Å². The maximum Gasteiger partial charge on any atom is 0.315 e. The molecule has 30 heavy (non-hydrogen) atoms. The molecule has 7 nitrogen and oxygen atoms in total. The van der Waals surface area contributed by atoms with Crippen LogP contribution in [0.1, 0.15) is 29.4 Å². The Hall–Kier alpha value is -2.29. The van der Waals surface area contributed by atoms with Gasteiger partial charge in [0.15, 0.2) is 11.5 Å². The number of hydrogen-bond acceptors (Lipinski definition) is 6. The normalized spacial score (nSPS) is 18.0. The van der Waals surface area contributed by atoms with Gasteiger partial charge in [-0.05, 0) is 61.5 Å². The number of benzene rings is 1. The molecular weight excluding hydrogens is 402 g/mol. The molecule has 0 unspecified atom stereocenters. The van der Waals surface area contributed by atoms with Gasteiger partial charge < -0.3 is 30.1 Å². The Balaban J connectivity index is 1.39. The Labute approximate surface area is 181 Å². The van der Waals surface area contributed by atoms with E-state index in [2.05, 4.69) is 21.6 Å². The number of fused-ring (bicyclic) bond motifs is 1. The topological polar surface area (TPSA) is 83.1 Å². The summed E-state index contributed by atoms with van der Waals surface area (Å²) in [5, 5.41) is 19.0. The lowest BCUT2D eigenvalue weighted by atomic mass is 10.0. The maximum absolute atomic E-state index is 12.5. The molecule has 0 bridgehead atoms. The molecule has 1 saturated heterocycles. The Kier molecular flexibility index (Phi) is 7.09. The molecule has 0 radical (unpaired) electrons. The van der Waals surface area contributed by atoms with E-state index in [1.807, 2.05) is 29.6 Å². The van der Waals surface area contributed by atoms with Crippen molar-refractivity contribution < 1.29 is 19.4 Å². The first-order chi connectivity index (χ1) is 14.7. The van der Waals surface area contributed by atoms with Crippen molar-refractivity contribution in [1.29, 1.82) is 0 Å². The molecule has 3 heterocycles. The lowest BCUT2D eigenvalue weighted by Gasteiger charge is -2.29. The molecule has 162 valence electrons. The zero-order valence-electron chi connectivity index (χ0n) is 17.0. The van der Waals surface area contributed by atoms with Gasteiger partial charge in [0.2, 0.25) is 0 Å². The van der Waals surface area contributed by atoms with Gasteiger partial charge in [-0.15, -0.1) is 11.3 Å². The summed E-state index contributed by atoms with van der Waals surface area (Å²) >= 11 is 1.68. The van der Waals surface area contributed by atoms with E-state index in [9.17, 15) is 9.90 Å². The average Bonchev–Trinajstić information content (AvgIpc) is 3.47. The summed E-state index contributed by atoms with van der Waals surface area (Å²) in [5.74, 6) is 1.32. The minimum atomic E-state index is -0.843. The molecule has 4 rings (SSSR count). The number of nitrogens with zero attached hydrogens (tertiary/aromatic N) is 1. The molecule has 2 aromatic rings. The number of amides is 2. The van der Waals surface area contributed by atoms with Gasteiger partial charge in [0.05, 0.1) is 6.04 Å². The summed E-state index contributed by atoms with van der Waals surface area (Å²) in [7, 11) is 0. The standard InChI is InChI=1S/C22H29N3O4S/c26-21(16-5-6-19-20(14-16)29-12-11-28-19)18(15-25-9-1-2-10-25)24-22(27)23-8-7-17-4-3-13-30-17/h3-6,13-14,18,21,26H,1-2,7-12,15H2,(H2,23,24,27)/t18-,21-/m1/s1. The second-order valence-electron chi connectivity index (χ2n) is 7.69. The van der Waals surface area contributed by atoms with Crippen LogP contribution in [0.5, 0.6) is 11.5 Å². The van der Waals surface area contributed by atoms with E-state index in [0.717, 1.165) is 32.4 Å². The molecule has 0 aliphatic carbocycles. The van der Waals surface area contributed by atoms with Crippen LogP contribution in [0.4, 0.5) is 4.79 Å². The van der Waals surface area contributed by atoms with Crippen LogP contribution in [0, 0.1) is 0 Å². The molecule has 8 heteroatoms. The molecule has 0 saturated carbocycles. The Morgan fingerprint density at radius 1 is 1.17 bits per heavy atom. The zero-order chi connectivity index (χ0) is 20.8. The highest BCUT2D eigenvalue weighted by Gasteiger charge is 2.27. The first-order valence-corrected chi connectivity index (χ1v) is 11.4. The first kappa shape index (κ1) is 21.0. The fourth-order valence-electron chi connectivity index (χ4n) is 3.92. The predicted molar refractivity (Wildman–Crippen MR) is 116 cm³/mol. The number of carbonyl (C=O) groups excluding carboxylic acids is 1. The third-order valence-corrected chi connectivity index (χ3v) is 6.43. The van der Waals surface area contributed by atoms with Crippen LogP contribution in [0.2, 0.25) is 0 Å². The summed E-state index contributed by atoms with van der Waals surface area (Å²) in [6.07, 6.45) is 2.26. The van der Waals surface area contributed by atoms with E-state index in [4.69, 9.17) is 9.47 Å². The van der Waals surface area contributed by atoms with Crippen molar-refractivity contribution in [2.75, 3.05) is 39.4 Å². The van der Waals surface area contributed by atoms with Gasteiger partial charge in [0, 0.05) is 18.0 Å². The summed E-state index contributed by atoms with van der Waals surface area (Å²) in [5.41, 5.74) is 0.710. The van der Waals surface area contributed by atoms with Crippen LogP contribution < -0.4 is 20.1 Å². The second kappa shape index (κ2) is 10.1. The van der Waals surface area contributed by atoms with E-state index in [1.54, 1.807) is 11.3 Å². The predicted octanol–water partition coefficient (Wildman–Crippen LogP) is 2.56. The van der Waals surface area contributed by atoms with Gasteiger partial charge in [0.1, 0.15) is 19.3 Å². The SMILES string of the molecule is O=C(NCCc1cccs1)N[C@H](CN1CCCC1)[C@H](O)c1ccc2c(c1)OCCO2. The van der Waals surface area contributed by atoms with E-state index in [-0.39, 0.29) is 6.03 Å². The molecule has 0 spiro atoms. The number of carbonyl (C=O) groups is 1. The van der Waals surface area contributed by atoms with Crippen molar-refractivity contribution in [3.05, 3.63) is 46.2 Å². The highest BCUT2D eigenvalue weighted by atomic mass is 32.1. The van der Waals surface area contributed by atoms with E-state index >= 15 is 0 Å². The number of aliphatic hydroxyl groups excluding tert-OH is 1. The van der Waals surface area contributed by atoms with Gasteiger partial charge in [-0.3, -0.25) is 0 Å². The number of rotatable bonds is 8. The van der Waals surface area contributed by atoms with Crippen molar-refractivity contribution in [2.45, 2.75) is 31.4 Å². The number of hydrogen-bond donors (Lipinski definition) is 3. The van der Waals surface area contributed by atoms with E-state index in [0.29, 0.717) is 43.4 Å². The molecule has 1 aromatic carbocycles. The van der Waals surface area contributed by atoms with Crippen LogP contribution in [0.15, 0.2) is 35.7 Å². The van der Waals surface area contributed by atoms with Crippen LogP contribution in [-0.4, -0.2) is 61.5 Å². The molecule has 3 N–H and O–H groups in total. The minimum Gasteiger partial charge on any atom is -0.486 e. The zero-order valence-corrected chi connectivity index (χ0v) is 17.8. The Morgan fingerprint density at radius 2 is 1.97 bits per heavy atom. The van der Waals surface area contributed by atoms with Gasteiger partial charge in [-0.25, -0.2) is 4.79 Å². The van der Waals surface area contributed by atoms with E-state index < -0.39 is 12.1 Å². The van der Waals surface area contributed by atoms with Crippen molar-refractivity contribution >= 4 is 17.4 Å². The first-order valence-electron chi connectivity index (χ1n) is 10.6. The number of likely N-dealkylation sites (tertiary alicyclic amines) is 1. The van der Waals surface area contributed by atoms with Gasteiger partial charge >= 0.3 is 6.03 Å². The molecule has 1 aromatic heterocycles. The van der Waals surface area contributed by atoms with Crippen molar-refractivity contribution in [1.82, 2.24) is 15.5 Å². The average molecular weight is 432 g/mol. The van der Waals surface area contributed by atoms with Crippen molar-refractivity contribution in [3.8, 4) is 11.5 Å². The van der Waals surface area contributed by atoms with Crippen LogP contribution >= 0.6 is 11.3 Å². The Morgan fingerprint density at radius 3 is 2.73 bits per heavy atom. The minimum absolute atomic E-state index is 0.257. The lowest BCUT2D eigenvalue weighted by Crippen LogP contribution is -2.50. The fraction of sp³-hybridized carbons (Fsp3) is 0.500. The maximum atomic E-state index is 12.5. The van der Waals surface area contributed by atoms with Crippen LogP contribution in [-0.2, 0) is 6.42 Å². The number of thiophene rings is 1. The third-order valence-electron chi connectivity index (χ3n) is 5.50. The summed E-state index contributed by atoms with van der Waals surface area (Å²) in [6, 6.07) is 8.86. The number of urea groups is 1. The smallest absolute Gasteiger partial charge is 0.315 e. The number of aliphatic hydroxyl groups is 1. The second-order valence-corrected chi connectivity index (χ2v) is 8.72. The molecule has 2 amide bonds. The lowest BCUT2D eigenvalue weighted by molar-refractivity contribution is 0.108. The molecule has 2 aliphatic heterocycles. The van der Waals surface area contributed by atoms with Crippen LogP contribution in [0.3, 0.4) is 0 Å². The summed E-state index contributed by atoms with van der Waals surface area (Å²) in [4.78, 5) is 16.1. The molecule has 1 fully saturated rings. The highest BCUT2D eigenvalue weighted by molar-refractivity contribution is 7.09. The van der Waals surface area contributed by atoms with E-state index in [1.165, 1.54) is 4.88 Å². The van der Waals surface area contributed by atoms with Gasteiger partial charge in [-0.2, -0.15) is 0 Å². The quantitative estimate of drug-likeness (QED) is 0.598. The summed E-state index contributed by atoms with van der Waals surface area (Å²) in [6.45, 7) is 4.17. The third kappa shape index (κ3) is 5.44. The Bertz CT molecular complexity index is 824. The van der Waals surface area contributed by atoms with Gasteiger partial charge in [-0.1, -0.05) is 12.1 Å². The number of ether oxygens (including phenoxy) is 2. The number of nitrogens with one attached hydrogen (secondary N) is 2. The highest BCUT2D eigenvalue weighted by Crippen LogP contribution is 2.33. The van der Waals surface area contributed by atoms with Crippen LogP contribution in [0.25, 0.3) is 0 Å². The molecular formula is C22H29N3O4S. The van der Waals surface area contributed by atoms with Gasteiger partial charge in [0.25, 0.3) is 0 Å². The largest absolute Gasteiger partial charge is 0.486 e. The molecule has 2 atom stereocenters.